The van der Waals surface area contributed by atoms with Crippen LogP contribution < -0.4 is 15.5 Å². The van der Waals surface area contributed by atoms with E-state index in [2.05, 4.69) is 17.6 Å². The first kappa shape index (κ1) is 15.2. The molecule has 19 heavy (non-hydrogen) atoms. The number of nitrogens with one attached hydrogen (secondary N) is 3. The fourth-order valence-corrected chi connectivity index (χ4v) is 1.52. The van der Waals surface area contributed by atoms with Gasteiger partial charge in [0.15, 0.2) is 0 Å². The fourth-order valence-electron chi connectivity index (χ4n) is 1.52. The maximum Gasteiger partial charge on any atom is 0.313 e. The standard InChI is InChI=1S/C14H21N3O2/c1-4-11-5-7-12(8-6-11)16-14(19)13(18)15-9-10-17(2)3/h5-8H,4,9-10H2,1-3H3,(H,15,18)(H,16,19)/p+1. The van der Waals surface area contributed by atoms with Gasteiger partial charge in [-0.1, -0.05) is 19.1 Å². The van der Waals surface area contributed by atoms with Crippen molar-refractivity contribution in [3.63, 3.8) is 0 Å². The molecule has 0 saturated carbocycles. The van der Waals surface area contributed by atoms with Crippen LogP contribution >= 0.6 is 0 Å². The van der Waals surface area contributed by atoms with E-state index in [1.165, 1.54) is 10.5 Å². The molecule has 0 heterocycles. The highest BCUT2D eigenvalue weighted by Crippen LogP contribution is 2.09. The van der Waals surface area contributed by atoms with Gasteiger partial charge in [-0.15, -0.1) is 0 Å². The molecule has 0 aliphatic carbocycles. The van der Waals surface area contributed by atoms with Crippen molar-refractivity contribution in [2.24, 2.45) is 0 Å². The molecule has 1 aromatic rings. The van der Waals surface area contributed by atoms with Crippen molar-refractivity contribution in [1.82, 2.24) is 5.32 Å². The summed E-state index contributed by atoms with van der Waals surface area (Å²) in [5.74, 6) is -1.22. The molecule has 2 amide bonds. The SMILES string of the molecule is CCc1ccc(NC(=O)C(=O)NCC[NH+](C)C)cc1. The van der Waals surface area contributed by atoms with Crippen molar-refractivity contribution in [2.45, 2.75) is 13.3 Å². The van der Waals surface area contributed by atoms with Crippen molar-refractivity contribution in [3.05, 3.63) is 29.8 Å². The number of carbonyl (C=O) groups is 2. The molecule has 5 nitrogen and oxygen atoms in total. The third-order valence-corrected chi connectivity index (χ3v) is 2.74. The van der Waals surface area contributed by atoms with Crippen LogP contribution in [0.25, 0.3) is 0 Å². The zero-order valence-electron chi connectivity index (χ0n) is 11.7. The molecule has 1 aromatic carbocycles. The molecule has 0 aliphatic heterocycles. The molecule has 1 rings (SSSR count). The first-order valence-corrected chi connectivity index (χ1v) is 6.50. The van der Waals surface area contributed by atoms with Gasteiger partial charge in [0.2, 0.25) is 0 Å². The molecule has 5 heteroatoms. The molecule has 0 aromatic heterocycles. The second-order valence-electron chi connectivity index (χ2n) is 4.72. The highest BCUT2D eigenvalue weighted by atomic mass is 16.2. The largest absolute Gasteiger partial charge is 0.342 e. The van der Waals surface area contributed by atoms with Crippen LogP contribution in [0.1, 0.15) is 12.5 Å². The van der Waals surface area contributed by atoms with Crippen molar-refractivity contribution >= 4 is 17.5 Å². The van der Waals surface area contributed by atoms with Crippen molar-refractivity contribution in [3.8, 4) is 0 Å². The first-order valence-electron chi connectivity index (χ1n) is 6.50. The minimum Gasteiger partial charge on any atom is -0.342 e. The maximum atomic E-state index is 11.6. The van der Waals surface area contributed by atoms with Gasteiger partial charge in [0.25, 0.3) is 0 Å². The number of amides is 2. The van der Waals surface area contributed by atoms with Gasteiger partial charge < -0.3 is 15.5 Å². The van der Waals surface area contributed by atoms with E-state index >= 15 is 0 Å². The van der Waals surface area contributed by atoms with Crippen molar-refractivity contribution in [1.29, 1.82) is 0 Å². The number of hydrogen-bond donors (Lipinski definition) is 3. The number of anilines is 1. The Kier molecular flexibility index (Phi) is 6.02. The summed E-state index contributed by atoms with van der Waals surface area (Å²) in [6, 6.07) is 7.47. The van der Waals surface area contributed by atoms with Crippen LogP contribution in [0.5, 0.6) is 0 Å². The first-order chi connectivity index (χ1) is 9.02. The van der Waals surface area contributed by atoms with Crippen LogP contribution in [0, 0.1) is 0 Å². The molecular weight excluding hydrogens is 242 g/mol. The van der Waals surface area contributed by atoms with Crippen LogP contribution in [0.3, 0.4) is 0 Å². The van der Waals surface area contributed by atoms with Gasteiger partial charge in [-0.3, -0.25) is 9.59 Å². The minimum atomic E-state index is -0.627. The zero-order valence-corrected chi connectivity index (χ0v) is 11.7. The second-order valence-corrected chi connectivity index (χ2v) is 4.72. The molecule has 0 aliphatic rings. The van der Waals surface area contributed by atoms with Gasteiger partial charge in [0.1, 0.15) is 0 Å². The Bertz CT molecular complexity index is 427. The smallest absolute Gasteiger partial charge is 0.313 e. The quantitative estimate of drug-likeness (QED) is 0.625. The predicted octanol–water partition coefficient (Wildman–Crippen LogP) is -0.552. The van der Waals surface area contributed by atoms with E-state index in [0.717, 1.165) is 13.0 Å². The van der Waals surface area contributed by atoms with Crippen LogP contribution in [0.15, 0.2) is 24.3 Å². The van der Waals surface area contributed by atoms with Crippen LogP contribution in [0.4, 0.5) is 5.69 Å². The lowest BCUT2D eigenvalue weighted by Gasteiger charge is -2.09. The monoisotopic (exact) mass is 264 g/mol. The van der Waals surface area contributed by atoms with E-state index in [9.17, 15) is 9.59 Å². The summed E-state index contributed by atoms with van der Waals surface area (Å²) in [7, 11) is 3.98. The molecular formula is C14H22N3O2+. The molecule has 3 N–H and O–H groups in total. The summed E-state index contributed by atoms with van der Waals surface area (Å²) in [5, 5.41) is 5.16. The Hall–Kier alpha value is -1.88. The van der Waals surface area contributed by atoms with Crippen molar-refractivity contribution < 1.29 is 14.5 Å². The van der Waals surface area contributed by atoms with E-state index in [1.807, 2.05) is 26.2 Å². The normalized spacial score (nSPS) is 10.3. The third-order valence-electron chi connectivity index (χ3n) is 2.74. The predicted molar refractivity (Wildman–Crippen MR) is 75.1 cm³/mol. The van der Waals surface area contributed by atoms with Gasteiger partial charge in [-0.2, -0.15) is 0 Å². The molecule has 0 spiro atoms. The number of hydrogen-bond acceptors (Lipinski definition) is 2. The zero-order chi connectivity index (χ0) is 14.3. The average Bonchev–Trinajstić information content (AvgIpc) is 2.39. The third kappa shape index (κ3) is 5.52. The number of rotatable bonds is 5. The molecule has 0 unspecified atom stereocenters. The summed E-state index contributed by atoms with van der Waals surface area (Å²) >= 11 is 0. The lowest BCUT2D eigenvalue weighted by molar-refractivity contribution is -0.856. The van der Waals surface area contributed by atoms with Gasteiger partial charge in [-0.05, 0) is 24.1 Å². The summed E-state index contributed by atoms with van der Waals surface area (Å²) < 4.78 is 0. The summed E-state index contributed by atoms with van der Waals surface area (Å²) in [4.78, 5) is 24.4. The summed E-state index contributed by atoms with van der Waals surface area (Å²) in [6.07, 6.45) is 0.946. The Morgan fingerprint density at radius 3 is 2.26 bits per heavy atom. The van der Waals surface area contributed by atoms with Crippen molar-refractivity contribution in [2.75, 3.05) is 32.5 Å². The Morgan fingerprint density at radius 1 is 1.11 bits per heavy atom. The second kappa shape index (κ2) is 7.53. The van der Waals surface area contributed by atoms with Gasteiger partial charge in [0, 0.05) is 5.69 Å². The number of benzene rings is 1. The van der Waals surface area contributed by atoms with Crippen LogP contribution in [-0.2, 0) is 16.0 Å². The average molecular weight is 264 g/mol. The summed E-state index contributed by atoms with van der Waals surface area (Å²) in [5.41, 5.74) is 1.83. The topological polar surface area (TPSA) is 62.6 Å². The summed E-state index contributed by atoms with van der Waals surface area (Å²) in [6.45, 7) is 3.33. The fraction of sp³-hybridized carbons (Fsp3) is 0.429. The Balaban J connectivity index is 2.42. The van der Waals surface area contributed by atoms with Gasteiger partial charge in [0.05, 0.1) is 27.2 Å². The van der Waals surface area contributed by atoms with Crippen LogP contribution in [-0.4, -0.2) is 39.0 Å². The Labute approximate surface area is 114 Å². The van der Waals surface area contributed by atoms with E-state index in [0.29, 0.717) is 12.2 Å². The molecule has 0 saturated heterocycles. The number of aryl methyl sites for hydroxylation is 1. The van der Waals surface area contributed by atoms with E-state index in [-0.39, 0.29) is 0 Å². The number of likely N-dealkylation sites (N-methyl/N-ethyl adjacent to an activating group) is 1. The minimum absolute atomic E-state index is 0.489. The lowest BCUT2D eigenvalue weighted by atomic mass is 10.1. The van der Waals surface area contributed by atoms with Gasteiger partial charge in [-0.25, -0.2) is 0 Å². The highest BCUT2D eigenvalue weighted by Gasteiger charge is 2.13. The van der Waals surface area contributed by atoms with E-state index < -0.39 is 11.8 Å². The molecule has 0 atom stereocenters. The lowest BCUT2D eigenvalue weighted by Crippen LogP contribution is -3.06. The molecule has 0 radical (unpaired) electrons. The van der Waals surface area contributed by atoms with E-state index in [1.54, 1.807) is 12.1 Å². The Morgan fingerprint density at radius 2 is 1.74 bits per heavy atom. The molecule has 104 valence electrons. The maximum absolute atomic E-state index is 11.6. The number of carbonyl (C=O) groups excluding carboxylic acids is 2. The molecule has 0 fully saturated rings. The van der Waals surface area contributed by atoms with E-state index in [4.69, 9.17) is 0 Å². The van der Waals surface area contributed by atoms with Crippen LogP contribution in [0.2, 0.25) is 0 Å². The molecule has 0 bridgehead atoms. The van der Waals surface area contributed by atoms with Gasteiger partial charge >= 0.3 is 11.8 Å². The highest BCUT2D eigenvalue weighted by molar-refractivity contribution is 6.39. The number of quaternary nitrogens is 1.